The van der Waals surface area contributed by atoms with Gasteiger partial charge in [-0.2, -0.15) is 0 Å². The number of carboxylic acid groups (broad SMARTS) is 1. The number of halogens is 1. The zero-order chi connectivity index (χ0) is 14.6. The van der Waals surface area contributed by atoms with E-state index < -0.39 is 16.0 Å². The van der Waals surface area contributed by atoms with E-state index in [1.165, 1.54) is 6.07 Å². The Balaban J connectivity index is 3.21. The second-order valence-corrected chi connectivity index (χ2v) is 6.45. The van der Waals surface area contributed by atoms with Crippen LogP contribution in [0, 0.1) is 6.92 Å². The highest BCUT2D eigenvalue weighted by atomic mass is 79.9. The average molecular weight is 352 g/mol. The molecule has 19 heavy (non-hydrogen) atoms. The van der Waals surface area contributed by atoms with Crippen LogP contribution in [0.2, 0.25) is 0 Å². The van der Waals surface area contributed by atoms with E-state index in [0.29, 0.717) is 10.0 Å². The lowest BCUT2D eigenvalue weighted by atomic mass is 10.1. The van der Waals surface area contributed by atoms with E-state index in [4.69, 9.17) is 10.2 Å². The summed E-state index contributed by atoms with van der Waals surface area (Å²) in [6, 6.07) is 2.47. The Morgan fingerprint density at radius 1 is 1.42 bits per heavy atom. The Morgan fingerprint density at radius 3 is 2.58 bits per heavy atom. The number of aliphatic hydroxyl groups excluding tert-OH is 1. The fourth-order valence-electron chi connectivity index (χ4n) is 1.42. The van der Waals surface area contributed by atoms with Gasteiger partial charge in [-0.25, -0.2) is 17.9 Å². The van der Waals surface area contributed by atoms with Crippen LogP contribution in [0.25, 0.3) is 0 Å². The summed E-state index contributed by atoms with van der Waals surface area (Å²) in [6.07, 6.45) is 0.290. The molecule has 0 spiro atoms. The van der Waals surface area contributed by atoms with Gasteiger partial charge in [-0.15, -0.1) is 0 Å². The first-order valence-electron chi connectivity index (χ1n) is 5.43. The molecule has 1 aromatic rings. The van der Waals surface area contributed by atoms with Gasteiger partial charge in [0, 0.05) is 17.6 Å². The minimum Gasteiger partial charge on any atom is -0.478 e. The summed E-state index contributed by atoms with van der Waals surface area (Å²) in [6.45, 7) is 1.55. The molecule has 0 atom stereocenters. The molecular weight excluding hydrogens is 338 g/mol. The van der Waals surface area contributed by atoms with Gasteiger partial charge >= 0.3 is 5.97 Å². The Morgan fingerprint density at radius 2 is 2.05 bits per heavy atom. The lowest BCUT2D eigenvalue weighted by Gasteiger charge is -2.11. The van der Waals surface area contributed by atoms with Crippen LogP contribution in [0.4, 0.5) is 0 Å². The Bertz CT molecular complexity index is 585. The van der Waals surface area contributed by atoms with Crippen LogP contribution in [0.1, 0.15) is 22.3 Å². The molecule has 0 bridgehead atoms. The number of nitrogens with one attached hydrogen (secondary N) is 1. The van der Waals surface area contributed by atoms with Crippen LogP contribution in [0.15, 0.2) is 21.5 Å². The van der Waals surface area contributed by atoms with Crippen molar-refractivity contribution in [3.8, 4) is 0 Å². The number of aliphatic hydroxyl groups is 1. The van der Waals surface area contributed by atoms with Crippen LogP contribution in [-0.2, 0) is 10.0 Å². The minimum absolute atomic E-state index is 0.0859. The molecule has 0 aliphatic rings. The molecular formula is C11H14BrNO5S. The third-order valence-corrected chi connectivity index (χ3v) is 4.87. The molecule has 0 amide bonds. The zero-order valence-corrected chi connectivity index (χ0v) is 12.6. The van der Waals surface area contributed by atoms with Gasteiger partial charge in [0.2, 0.25) is 10.0 Å². The van der Waals surface area contributed by atoms with Gasteiger partial charge in [-0.1, -0.05) is 15.9 Å². The lowest BCUT2D eigenvalue weighted by molar-refractivity contribution is 0.0696. The molecule has 1 aromatic carbocycles. The van der Waals surface area contributed by atoms with Crippen molar-refractivity contribution in [1.82, 2.24) is 4.72 Å². The lowest BCUT2D eigenvalue weighted by Crippen LogP contribution is -2.26. The standard InChI is InChI=1S/C11H14BrNO5S/c1-7-9(12)5-8(11(15)16)6-10(7)19(17,18)13-3-2-4-14/h5-6,13-14H,2-4H2,1H3,(H,15,16). The van der Waals surface area contributed by atoms with Crippen molar-refractivity contribution in [1.29, 1.82) is 0 Å². The first-order chi connectivity index (χ1) is 8.79. The second kappa shape index (κ2) is 6.47. The quantitative estimate of drug-likeness (QED) is 0.666. The van der Waals surface area contributed by atoms with Gasteiger partial charge in [-0.3, -0.25) is 0 Å². The van der Waals surface area contributed by atoms with E-state index in [-0.39, 0.29) is 30.0 Å². The molecule has 0 aliphatic heterocycles. The van der Waals surface area contributed by atoms with Gasteiger partial charge in [0.05, 0.1) is 10.5 Å². The summed E-state index contributed by atoms with van der Waals surface area (Å²) < 4.78 is 26.8. The number of hydrogen-bond acceptors (Lipinski definition) is 4. The van der Waals surface area contributed by atoms with Crippen LogP contribution in [-0.4, -0.2) is 37.8 Å². The van der Waals surface area contributed by atoms with Gasteiger partial charge in [-0.05, 0) is 31.0 Å². The van der Waals surface area contributed by atoms with Gasteiger partial charge < -0.3 is 10.2 Å². The highest BCUT2D eigenvalue weighted by Crippen LogP contribution is 2.25. The van der Waals surface area contributed by atoms with E-state index in [1.54, 1.807) is 6.92 Å². The van der Waals surface area contributed by atoms with Gasteiger partial charge in [0.25, 0.3) is 0 Å². The predicted molar refractivity (Wildman–Crippen MR) is 72.7 cm³/mol. The second-order valence-electron chi connectivity index (χ2n) is 3.86. The van der Waals surface area contributed by atoms with Crippen LogP contribution >= 0.6 is 15.9 Å². The monoisotopic (exact) mass is 351 g/mol. The Kier molecular flexibility index (Phi) is 5.48. The maximum absolute atomic E-state index is 12.0. The molecule has 8 heteroatoms. The summed E-state index contributed by atoms with van der Waals surface area (Å²) in [7, 11) is -3.80. The topological polar surface area (TPSA) is 104 Å². The number of benzene rings is 1. The third kappa shape index (κ3) is 4.00. The number of rotatable bonds is 6. The van der Waals surface area contributed by atoms with E-state index >= 15 is 0 Å². The molecule has 0 radical (unpaired) electrons. The zero-order valence-electron chi connectivity index (χ0n) is 10.2. The number of carbonyl (C=O) groups is 1. The molecule has 0 aromatic heterocycles. The first kappa shape index (κ1) is 16.1. The van der Waals surface area contributed by atoms with Crippen LogP contribution in [0.3, 0.4) is 0 Å². The van der Waals surface area contributed by atoms with Crippen LogP contribution in [0.5, 0.6) is 0 Å². The Hall–Kier alpha value is -0.960. The molecule has 106 valence electrons. The molecule has 6 nitrogen and oxygen atoms in total. The Labute approximate surface area is 119 Å². The largest absolute Gasteiger partial charge is 0.478 e. The minimum atomic E-state index is -3.80. The summed E-state index contributed by atoms with van der Waals surface area (Å²) in [5.41, 5.74) is 0.321. The van der Waals surface area contributed by atoms with Crippen molar-refractivity contribution in [2.75, 3.05) is 13.2 Å². The average Bonchev–Trinajstić information content (AvgIpc) is 2.32. The number of sulfonamides is 1. The summed E-state index contributed by atoms with van der Waals surface area (Å²) >= 11 is 3.14. The SMILES string of the molecule is Cc1c(Br)cc(C(=O)O)cc1S(=O)(=O)NCCCO. The maximum Gasteiger partial charge on any atom is 0.335 e. The fraction of sp³-hybridized carbons (Fsp3) is 0.364. The van der Waals surface area contributed by atoms with Crippen LogP contribution < -0.4 is 4.72 Å². The normalized spacial score (nSPS) is 11.5. The summed E-state index contributed by atoms with van der Waals surface area (Å²) in [5, 5.41) is 17.6. The van der Waals surface area contributed by atoms with Crippen molar-refractivity contribution in [2.24, 2.45) is 0 Å². The molecule has 0 heterocycles. The van der Waals surface area contributed by atoms with E-state index in [0.717, 1.165) is 6.07 Å². The van der Waals surface area contributed by atoms with Crippen molar-refractivity contribution in [3.05, 3.63) is 27.7 Å². The molecule has 0 saturated carbocycles. The van der Waals surface area contributed by atoms with Crippen molar-refractivity contribution < 1.29 is 23.4 Å². The molecule has 1 rings (SSSR count). The first-order valence-corrected chi connectivity index (χ1v) is 7.71. The third-order valence-electron chi connectivity index (χ3n) is 2.46. The molecule has 3 N–H and O–H groups in total. The smallest absolute Gasteiger partial charge is 0.335 e. The summed E-state index contributed by atoms with van der Waals surface area (Å²) in [5.74, 6) is -1.20. The van der Waals surface area contributed by atoms with Gasteiger partial charge in [0.1, 0.15) is 0 Å². The van der Waals surface area contributed by atoms with Crippen molar-refractivity contribution in [3.63, 3.8) is 0 Å². The van der Waals surface area contributed by atoms with E-state index in [2.05, 4.69) is 20.7 Å². The predicted octanol–water partition coefficient (Wildman–Crippen LogP) is 1.12. The molecule has 0 aliphatic carbocycles. The van der Waals surface area contributed by atoms with Crippen molar-refractivity contribution >= 4 is 31.9 Å². The van der Waals surface area contributed by atoms with E-state index in [9.17, 15) is 13.2 Å². The fourth-order valence-corrected chi connectivity index (χ4v) is 3.37. The molecule has 0 saturated heterocycles. The summed E-state index contributed by atoms with van der Waals surface area (Å²) in [4.78, 5) is 10.8. The molecule has 0 fully saturated rings. The highest BCUT2D eigenvalue weighted by Gasteiger charge is 2.20. The number of aromatic carboxylic acids is 1. The highest BCUT2D eigenvalue weighted by molar-refractivity contribution is 9.10. The maximum atomic E-state index is 12.0. The van der Waals surface area contributed by atoms with Crippen molar-refractivity contribution in [2.45, 2.75) is 18.2 Å². The van der Waals surface area contributed by atoms with E-state index in [1.807, 2.05) is 0 Å². The molecule has 0 unspecified atom stereocenters. The number of hydrogen-bond donors (Lipinski definition) is 3. The van der Waals surface area contributed by atoms with Gasteiger partial charge in [0.15, 0.2) is 0 Å². The number of carboxylic acids is 1.